The first-order valence-electron chi connectivity index (χ1n) is 5.82. The molecule has 7 heteroatoms. The number of halogens is 2. The number of benzene rings is 1. The summed E-state index contributed by atoms with van der Waals surface area (Å²) in [6.45, 7) is 1.75. The van der Waals surface area contributed by atoms with E-state index in [1.54, 1.807) is 0 Å². The van der Waals surface area contributed by atoms with Gasteiger partial charge >= 0.3 is 0 Å². The van der Waals surface area contributed by atoms with E-state index >= 15 is 0 Å². The van der Waals surface area contributed by atoms with Crippen molar-refractivity contribution in [2.75, 3.05) is 19.6 Å². The fraction of sp³-hybridized carbons (Fsp3) is 0.333. The minimum atomic E-state index is -3.85. The van der Waals surface area contributed by atoms with Crippen LogP contribution in [0.5, 0.6) is 0 Å². The van der Waals surface area contributed by atoms with Crippen molar-refractivity contribution in [3.8, 4) is 0 Å². The highest BCUT2D eigenvalue weighted by molar-refractivity contribution is 7.89. The molecule has 2 N–H and O–H groups in total. The molecule has 1 aromatic rings. The van der Waals surface area contributed by atoms with Gasteiger partial charge in [-0.05, 0) is 31.2 Å². The van der Waals surface area contributed by atoms with Crippen molar-refractivity contribution in [3.05, 3.63) is 40.7 Å². The Labute approximate surface area is 116 Å². The highest BCUT2D eigenvalue weighted by Crippen LogP contribution is 2.19. The second kappa shape index (κ2) is 6.00. The first-order valence-corrected chi connectivity index (χ1v) is 7.68. The fourth-order valence-corrected chi connectivity index (χ4v) is 3.04. The van der Waals surface area contributed by atoms with E-state index in [4.69, 9.17) is 11.6 Å². The topological polar surface area (TPSA) is 58.2 Å². The summed E-state index contributed by atoms with van der Waals surface area (Å²) in [4.78, 5) is -0.383. The van der Waals surface area contributed by atoms with E-state index in [1.807, 2.05) is 6.08 Å². The van der Waals surface area contributed by atoms with Crippen LogP contribution in [-0.4, -0.2) is 28.1 Å². The third kappa shape index (κ3) is 3.76. The summed E-state index contributed by atoms with van der Waals surface area (Å²) in [5.41, 5.74) is 0.997. The summed E-state index contributed by atoms with van der Waals surface area (Å²) >= 11 is 5.59. The summed E-state index contributed by atoms with van der Waals surface area (Å²) in [6, 6.07) is 3.50. The van der Waals surface area contributed by atoms with E-state index in [0.717, 1.165) is 37.2 Å². The van der Waals surface area contributed by atoms with Gasteiger partial charge < -0.3 is 5.32 Å². The molecule has 4 nitrogen and oxygen atoms in total. The molecular formula is C12H14ClFN2O2S. The maximum atomic E-state index is 13.6. The van der Waals surface area contributed by atoms with E-state index in [0.29, 0.717) is 0 Å². The monoisotopic (exact) mass is 304 g/mol. The Morgan fingerprint density at radius 3 is 2.84 bits per heavy atom. The lowest BCUT2D eigenvalue weighted by atomic mass is 10.1. The Balaban J connectivity index is 2.11. The Kier molecular flexibility index (Phi) is 4.57. The highest BCUT2D eigenvalue weighted by Gasteiger charge is 2.19. The summed E-state index contributed by atoms with van der Waals surface area (Å²) in [5.74, 6) is -0.848. The molecular weight excluding hydrogens is 291 g/mol. The summed E-state index contributed by atoms with van der Waals surface area (Å²) in [7, 11) is -3.85. The van der Waals surface area contributed by atoms with Crippen LogP contribution in [0.3, 0.4) is 0 Å². The molecule has 1 aliphatic rings. The molecule has 2 rings (SSSR count). The normalized spacial score (nSPS) is 16.2. The molecule has 0 saturated heterocycles. The van der Waals surface area contributed by atoms with Gasteiger partial charge in [0.25, 0.3) is 0 Å². The van der Waals surface area contributed by atoms with E-state index in [9.17, 15) is 12.8 Å². The van der Waals surface area contributed by atoms with Gasteiger partial charge in [0, 0.05) is 18.1 Å². The van der Waals surface area contributed by atoms with Gasteiger partial charge in [0.05, 0.1) is 0 Å². The lowest BCUT2D eigenvalue weighted by molar-refractivity contribution is 0.558. The zero-order chi connectivity index (χ0) is 13.9. The molecule has 0 aromatic heterocycles. The maximum absolute atomic E-state index is 13.6. The maximum Gasteiger partial charge on any atom is 0.243 e. The molecule has 1 aliphatic heterocycles. The van der Waals surface area contributed by atoms with Gasteiger partial charge in [0.1, 0.15) is 10.7 Å². The molecule has 0 radical (unpaired) electrons. The molecule has 1 heterocycles. The lowest BCUT2D eigenvalue weighted by Crippen LogP contribution is -2.30. The predicted molar refractivity (Wildman–Crippen MR) is 72.2 cm³/mol. The van der Waals surface area contributed by atoms with Gasteiger partial charge in [-0.25, -0.2) is 17.5 Å². The average molecular weight is 305 g/mol. The number of sulfonamides is 1. The first-order chi connectivity index (χ1) is 8.99. The largest absolute Gasteiger partial charge is 0.313 e. The second-order valence-electron chi connectivity index (χ2n) is 4.22. The Morgan fingerprint density at radius 2 is 2.21 bits per heavy atom. The van der Waals surface area contributed by atoms with E-state index in [1.165, 1.54) is 6.07 Å². The van der Waals surface area contributed by atoms with Crippen LogP contribution in [0.2, 0.25) is 5.02 Å². The van der Waals surface area contributed by atoms with Crippen molar-refractivity contribution < 1.29 is 12.8 Å². The van der Waals surface area contributed by atoms with Crippen LogP contribution in [0.4, 0.5) is 4.39 Å². The molecule has 0 aliphatic carbocycles. The van der Waals surface area contributed by atoms with Crippen molar-refractivity contribution in [1.82, 2.24) is 10.0 Å². The average Bonchev–Trinajstić information content (AvgIpc) is 2.37. The number of rotatable bonds is 4. The molecule has 0 atom stereocenters. The molecule has 0 saturated carbocycles. The summed E-state index contributed by atoms with van der Waals surface area (Å²) < 4.78 is 39.9. The Hall–Kier alpha value is -0.950. The van der Waals surface area contributed by atoms with Gasteiger partial charge in [-0.15, -0.1) is 0 Å². The zero-order valence-electron chi connectivity index (χ0n) is 10.1. The molecule has 19 heavy (non-hydrogen) atoms. The fourth-order valence-electron chi connectivity index (χ4n) is 1.79. The Bertz CT molecular complexity index is 602. The summed E-state index contributed by atoms with van der Waals surface area (Å²) in [5, 5.41) is 3.29. The predicted octanol–water partition coefficient (Wildman–Crippen LogP) is 1.68. The molecule has 104 valence electrons. The standard InChI is InChI=1S/C12H14ClFN2O2S/c13-10-1-2-12(11(14)7-10)19(17,18)16-8-9-3-5-15-6-4-9/h1-3,7,15-16H,4-6,8H2. The van der Waals surface area contributed by atoms with Crippen LogP contribution in [0.25, 0.3) is 0 Å². The van der Waals surface area contributed by atoms with Gasteiger partial charge in [-0.3, -0.25) is 0 Å². The molecule has 0 bridgehead atoms. The number of hydrogen-bond acceptors (Lipinski definition) is 3. The molecule has 1 aromatic carbocycles. The molecule has 0 amide bonds. The zero-order valence-corrected chi connectivity index (χ0v) is 11.7. The van der Waals surface area contributed by atoms with Crippen molar-refractivity contribution in [2.45, 2.75) is 11.3 Å². The molecule has 0 spiro atoms. The third-order valence-corrected chi connectivity index (χ3v) is 4.50. The van der Waals surface area contributed by atoms with E-state index in [-0.39, 0.29) is 16.5 Å². The number of nitrogens with one attached hydrogen (secondary N) is 2. The number of hydrogen-bond donors (Lipinski definition) is 2. The van der Waals surface area contributed by atoms with Crippen molar-refractivity contribution >= 4 is 21.6 Å². The van der Waals surface area contributed by atoms with Gasteiger partial charge in [-0.2, -0.15) is 0 Å². The second-order valence-corrected chi connectivity index (χ2v) is 6.39. The van der Waals surface area contributed by atoms with Crippen LogP contribution < -0.4 is 10.0 Å². The SMILES string of the molecule is O=S(=O)(NCC1=CCNCC1)c1ccc(Cl)cc1F. The van der Waals surface area contributed by atoms with Crippen LogP contribution in [0.15, 0.2) is 34.7 Å². The van der Waals surface area contributed by atoms with Crippen molar-refractivity contribution in [1.29, 1.82) is 0 Å². The molecule has 0 fully saturated rings. The lowest BCUT2D eigenvalue weighted by Gasteiger charge is -2.15. The smallest absolute Gasteiger partial charge is 0.243 e. The highest BCUT2D eigenvalue weighted by atomic mass is 35.5. The van der Waals surface area contributed by atoms with Gasteiger partial charge in [0.15, 0.2) is 0 Å². The third-order valence-electron chi connectivity index (χ3n) is 2.83. The van der Waals surface area contributed by atoms with Crippen LogP contribution in [0.1, 0.15) is 6.42 Å². The van der Waals surface area contributed by atoms with Crippen molar-refractivity contribution in [3.63, 3.8) is 0 Å². The molecule has 0 unspecified atom stereocenters. The van der Waals surface area contributed by atoms with E-state index < -0.39 is 15.8 Å². The minimum Gasteiger partial charge on any atom is -0.313 e. The first kappa shape index (κ1) is 14.5. The van der Waals surface area contributed by atoms with Crippen molar-refractivity contribution in [2.24, 2.45) is 0 Å². The van der Waals surface area contributed by atoms with Crippen LogP contribution >= 0.6 is 11.6 Å². The minimum absolute atomic E-state index is 0.164. The summed E-state index contributed by atoms with van der Waals surface area (Å²) in [6.07, 6.45) is 2.72. The van der Waals surface area contributed by atoms with Crippen LogP contribution in [0, 0.1) is 5.82 Å². The van der Waals surface area contributed by atoms with Crippen LogP contribution in [-0.2, 0) is 10.0 Å². The van der Waals surface area contributed by atoms with Gasteiger partial charge in [0.2, 0.25) is 10.0 Å². The Morgan fingerprint density at radius 1 is 1.42 bits per heavy atom. The quantitative estimate of drug-likeness (QED) is 0.832. The van der Waals surface area contributed by atoms with Gasteiger partial charge in [-0.1, -0.05) is 23.3 Å². The van der Waals surface area contributed by atoms with E-state index in [2.05, 4.69) is 10.0 Å².